The van der Waals surface area contributed by atoms with Crippen molar-refractivity contribution < 1.29 is 9.59 Å². The molecule has 0 atom stereocenters. The van der Waals surface area contributed by atoms with Crippen molar-refractivity contribution in [3.8, 4) is 0 Å². The summed E-state index contributed by atoms with van der Waals surface area (Å²) >= 11 is 14.9. The molecule has 0 fully saturated rings. The monoisotopic (exact) mass is 386 g/mol. The molecule has 2 N–H and O–H groups in total. The number of halogens is 3. The maximum atomic E-state index is 11.8. The number of carbonyl (C=O) groups is 2. The molecule has 0 bridgehead atoms. The number of hydrogen-bond donors (Lipinski definition) is 2. The molecule has 0 saturated heterocycles. The molecule has 0 heterocycles. The highest BCUT2D eigenvalue weighted by atomic mass is 79.9. The number of rotatable bonds is 2. The highest BCUT2D eigenvalue weighted by Crippen LogP contribution is 2.22. The van der Waals surface area contributed by atoms with Crippen LogP contribution in [0.25, 0.3) is 0 Å². The average molecular weight is 388 g/mol. The summed E-state index contributed by atoms with van der Waals surface area (Å²) < 4.78 is 0.794. The zero-order valence-electron chi connectivity index (χ0n) is 10.5. The first-order valence-corrected chi connectivity index (χ1v) is 7.33. The van der Waals surface area contributed by atoms with Crippen molar-refractivity contribution in [1.82, 2.24) is 0 Å². The second-order valence-corrected chi connectivity index (χ2v) is 5.87. The molecule has 0 aliphatic carbocycles. The normalized spacial score (nSPS) is 10.0. The molecule has 4 nitrogen and oxygen atoms in total. The molecule has 2 amide bonds. The second kappa shape index (κ2) is 6.93. The Kier molecular flexibility index (Phi) is 5.22. The van der Waals surface area contributed by atoms with Crippen LogP contribution < -0.4 is 10.6 Å². The minimum Gasteiger partial charge on any atom is -0.318 e. The number of amides is 2. The molecule has 7 heteroatoms. The van der Waals surface area contributed by atoms with Gasteiger partial charge in [0.15, 0.2) is 0 Å². The van der Waals surface area contributed by atoms with Gasteiger partial charge in [0, 0.05) is 25.9 Å². The lowest BCUT2D eigenvalue weighted by Gasteiger charge is -2.07. The van der Waals surface area contributed by atoms with Crippen LogP contribution in [-0.4, -0.2) is 11.8 Å². The van der Waals surface area contributed by atoms with Crippen LogP contribution in [0, 0.1) is 0 Å². The van der Waals surface area contributed by atoms with Crippen LogP contribution in [-0.2, 0) is 9.59 Å². The standard InChI is InChI=1S/C14H9BrCl2N2O2/c15-8-2-1-3-11(4-8)18-13(20)14(21)19-12-6-9(16)5-10(17)7-12/h1-7H,(H,18,20)(H,19,21). The zero-order chi connectivity index (χ0) is 15.4. The zero-order valence-corrected chi connectivity index (χ0v) is 13.6. The molecule has 0 aliphatic heterocycles. The van der Waals surface area contributed by atoms with Gasteiger partial charge in [0.25, 0.3) is 0 Å². The van der Waals surface area contributed by atoms with Crippen LogP contribution in [0.4, 0.5) is 11.4 Å². The number of hydrogen-bond acceptors (Lipinski definition) is 2. The lowest BCUT2D eigenvalue weighted by Crippen LogP contribution is -2.29. The molecule has 2 aromatic carbocycles. The smallest absolute Gasteiger partial charge is 0.314 e. The van der Waals surface area contributed by atoms with Gasteiger partial charge in [-0.1, -0.05) is 45.2 Å². The summed E-state index contributed by atoms with van der Waals surface area (Å²) in [6.07, 6.45) is 0. The van der Waals surface area contributed by atoms with Gasteiger partial charge in [-0.2, -0.15) is 0 Å². The molecule has 0 aliphatic rings. The van der Waals surface area contributed by atoms with E-state index in [1.165, 1.54) is 18.2 Å². The van der Waals surface area contributed by atoms with E-state index >= 15 is 0 Å². The van der Waals surface area contributed by atoms with E-state index in [1.54, 1.807) is 18.2 Å². The van der Waals surface area contributed by atoms with Gasteiger partial charge in [0.05, 0.1) is 0 Å². The molecule has 0 aromatic heterocycles. The van der Waals surface area contributed by atoms with Crippen molar-refractivity contribution in [2.75, 3.05) is 10.6 Å². The molecule has 0 saturated carbocycles. The average Bonchev–Trinajstić information content (AvgIpc) is 2.37. The quantitative estimate of drug-likeness (QED) is 0.753. The van der Waals surface area contributed by atoms with E-state index in [4.69, 9.17) is 23.2 Å². The highest BCUT2D eigenvalue weighted by molar-refractivity contribution is 9.10. The van der Waals surface area contributed by atoms with Crippen molar-refractivity contribution in [3.05, 3.63) is 57.0 Å². The number of anilines is 2. The third kappa shape index (κ3) is 4.74. The molecule has 0 radical (unpaired) electrons. The third-order valence-corrected chi connectivity index (χ3v) is 3.34. The predicted octanol–water partition coefficient (Wildman–Crippen LogP) is 4.33. The SMILES string of the molecule is O=C(Nc1cc(Cl)cc(Cl)c1)C(=O)Nc1cccc(Br)c1. The summed E-state index contributed by atoms with van der Waals surface area (Å²) in [6, 6.07) is 11.4. The van der Waals surface area contributed by atoms with E-state index in [9.17, 15) is 9.59 Å². The number of nitrogens with one attached hydrogen (secondary N) is 2. The van der Waals surface area contributed by atoms with Crippen LogP contribution in [0.5, 0.6) is 0 Å². The molecule has 0 spiro atoms. The predicted molar refractivity (Wildman–Crippen MR) is 87.9 cm³/mol. The minimum absolute atomic E-state index is 0.349. The lowest BCUT2D eigenvalue weighted by molar-refractivity contribution is -0.132. The molecule has 108 valence electrons. The van der Waals surface area contributed by atoms with Crippen LogP contribution in [0.15, 0.2) is 46.9 Å². The van der Waals surface area contributed by atoms with Crippen LogP contribution >= 0.6 is 39.1 Å². The highest BCUT2D eigenvalue weighted by Gasteiger charge is 2.14. The Bertz CT molecular complexity index is 687. The van der Waals surface area contributed by atoms with Crippen molar-refractivity contribution in [2.24, 2.45) is 0 Å². The van der Waals surface area contributed by atoms with E-state index in [1.807, 2.05) is 6.07 Å². The molecule has 0 unspecified atom stereocenters. The summed E-state index contributed by atoms with van der Waals surface area (Å²) in [5, 5.41) is 5.64. The van der Waals surface area contributed by atoms with Crippen LogP contribution in [0.1, 0.15) is 0 Å². The first-order chi connectivity index (χ1) is 9.94. The van der Waals surface area contributed by atoms with Gasteiger partial charge in [0.1, 0.15) is 0 Å². The maximum absolute atomic E-state index is 11.8. The van der Waals surface area contributed by atoms with Gasteiger partial charge in [0.2, 0.25) is 0 Å². The number of benzene rings is 2. The van der Waals surface area contributed by atoms with E-state index in [2.05, 4.69) is 26.6 Å². The fourth-order valence-corrected chi connectivity index (χ4v) is 2.49. The second-order valence-electron chi connectivity index (χ2n) is 4.08. The lowest BCUT2D eigenvalue weighted by atomic mass is 10.3. The van der Waals surface area contributed by atoms with Gasteiger partial charge in [-0.05, 0) is 36.4 Å². The largest absolute Gasteiger partial charge is 0.318 e. The first kappa shape index (κ1) is 15.8. The Hall–Kier alpha value is -1.56. The fraction of sp³-hybridized carbons (Fsp3) is 0. The molecule has 2 rings (SSSR count). The van der Waals surface area contributed by atoms with Crippen LogP contribution in [0.3, 0.4) is 0 Å². The molecular weight excluding hydrogens is 379 g/mol. The Morgan fingerprint density at radius 3 is 2.00 bits per heavy atom. The molecule has 21 heavy (non-hydrogen) atoms. The van der Waals surface area contributed by atoms with Gasteiger partial charge >= 0.3 is 11.8 Å². The van der Waals surface area contributed by atoms with Gasteiger partial charge in [-0.25, -0.2) is 0 Å². The van der Waals surface area contributed by atoms with Gasteiger partial charge < -0.3 is 10.6 Å². The Morgan fingerprint density at radius 1 is 0.857 bits per heavy atom. The van der Waals surface area contributed by atoms with Gasteiger partial charge in [-0.3, -0.25) is 9.59 Å². The van der Waals surface area contributed by atoms with E-state index in [-0.39, 0.29) is 0 Å². The summed E-state index contributed by atoms with van der Waals surface area (Å²) in [5.74, 6) is -1.60. The topological polar surface area (TPSA) is 58.2 Å². The Morgan fingerprint density at radius 2 is 1.43 bits per heavy atom. The Balaban J connectivity index is 2.04. The molecule has 2 aromatic rings. The minimum atomic E-state index is -0.812. The van der Waals surface area contributed by atoms with E-state index < -0.39 is 11.8 Å². The van der Waals surface area contributed by atoms with Crippen molar-refractivity contribution in [3.63, 3.8) is 0 Å². The number of carbonyl (C=O) groups excluding carboxylic acids is 2. The van der Waals surface area contributed by atoms with Crippen LogP contribution in [0.2, 0.25) is 10.0 Å². The van der Waals surface area contributed by atoms with Crippen molar-refractivity contribution >= 4 is 62.3 Å². The van der Waals surface area contributed by atoms with Crippen molar-refractivity contribution in [1.29, 1.82) is 0 Å². The summed E-state index contributed by atoms with van der Waals surface area (Å²) in [5.41, 5.74) is 0.857. The van der Waals surface area contributed by atoms with E-state index in [0.29, 0.717) is 21.4 Å². The summed E-state index contributed by atoms with van der Waals surface area (Å²) in [4.78, 5) is 23.6. The van der Waals surface area contributed by atoms with E-state index in [0.717, 1.165) is 4.47 Å². The molecular formula is C14H9BrCl2N2O2. The maximum Gasteiger partial charge on any atom is 0.314 e. The summed E-state index contributed by atoms with van der Waals surface area (Å²) in [7, 11) is 0. The first-order valence-electron chi connectivity index (χ1n) is 5.78. The Labute approximate surface area is 139 Å². The summed E-state index contributed by atoms with van der Waals surface area (Å²) in [6.45, 7) is 0. The fourth-order valence-electron chi connectivity index (χ4n) is 1.57. The van der Waals surface area contributed by atoms with Crippen molar-refractivity contribution in [2.45, 2.75) is 0 Å². The third-order valence-electron chi connectivity index (χ3n) is 2.41. The van der Waals surface area contributed by atoms with Gasteiger partial charge in [-0.15, -0.1) is 0 Å².